The molecule has 0 bridgehead atoms. The van der Waals surface area contributed by atoms with Crippen LogP contribution in [-0.4, -0.2) is 85.0 Å². The monoisotopic (exact) mass is 667 g/mol. The largest absolute Gasteiger partial charge is 0.486 e. The summed E-state index contributed by atoms with van der Waals surface area (Å²) in [6.45, 7) is 2.53. The van der Waals surface area contributed by atoms with Crippen molar-refractivity contribution in [1.29, 1.82) is 0 Å². The third kappa shape index (κ3) is 7.21. The number of fused-ring (bicyclic) bond motifs is 2. The van der Waals surface area contributed by atoms with Gasteiger partial charge in [0.2, 0.25) is 0 Å². The van der Waals surface area contributed by atoms with Gasteiger partial charge in [0.05, 0.1) is 30.0 Å². The van der Waals surface area contributed by atoms with Crippen molar-refractivity contribution >= 4 is 28.8 Å². The Labute approximate surface area is 274 Å². The maximum atomic E-state index is 14.0. The van der Waals surface area contributed by atoms with Crippen LogP contribution in [0, 0.1) is 0 Å². The Morgan fingerprint density at radius 1 is 1.06 bits per heavy atom. The number of pyridine rings is 2. The highest BCUT2D eigenvalue weighted by molar-refractivity contribution is 5.79. The number of ether oxygens (including phenoxy) is 3. The van der Waals surface area contributed by atoms with Gasteiger partial charge in [0, 0.05) is 37.3 Å². The molecule has 15 nitrogen and oxygen atoms in total. The van der Waals surface area contributed by atoms with E-state index in [0.29, 0.717) is 78.2 Å². The first-order valence-corrected chi connectivity index (χ1v) is 15.7. The number of alkyl halides is 1. The van der Waals surface area contributed by atoms with Crippen LogP contribution in [0.5, 0.6) is 11.5 Å². The molecule has 5 heterocycles. The Balaban J connectivity index is 0.000000749. The fourth-order valence-corrected chi connectivity index (χ4v) is 6.40. The molecule has 0 spiro atoms. The quantitative estimate of drug-likeness (QED) is 0.181. The van der Waals surface area contributed by atoms with Crippen molar-refractivity contribution in [2.75, 3.05) is 38.7 Å². The maximum Gasteiger partial charge on any atom is 0.404 e. The summed E-state index contributed by atoms with van der Waals surface area (Å²) in [6, 6.07) is 11.0. The fraction of sp³-hybridized carbons (Fsp3) is 0.438. The molecule has 7 rings (SSSR count). The molecule has 16 heteroatoms. The van der Waals surface area contributed by atoms with Gasteiger partial charge in [0.1, 0.15) is 31.0 Å². The van der Waals surface area contributed by atoms with Crippen LogP contribution in [0.25, 0.3) is 22.3 Å². The van der Waals surface area contributed by atoms with Gasteiger partial charge in [-0.15, -0.1) is 0 Å². The van der Waals surface area contributed by atoms with Gasteiger partial charge in [-0.25, -0.2) is 28.5 Å². The zero-order valence-electron chi connectivity index (χ0n) is 26.3. The Hall–Kier alpha value is -4.77. The van der Waals surface area contributed by atoms with E-state index in [4.69, 9.17) is 14.5 Å². The molecular weight excluding hydrogens is 629 g/mol. The molecule has 4 aromatic rings. The van der Waals surface area contributed by atoms with Crippen LogP contribution in [-0.2, 0) is 17.4 Å². The fourth-order valence-electron chi connectivity index (χ4n) is 6.40. The van der Waals surface area contributed by atoms with E-state index in [-0.39, 0.29) is 11.6 Å². The summed E-state index contributed by atoms with van der Waals surface area (Å²) in [6.07, 6.45) is 0.282. The Kier molecular flexibility index (Phi) is 9.50. The average Bonchev–Trinajstić information content (AvgIpc) is 3.79. The Morgan fingerprint density at radius 2 is 1.79 bits per heavy atom. The number of anilines is 2. The number of methoxy groups -OCH3 is 1. The topological polar surface area (TPSA) is 199 Å². The number of rotatable bonds is 7. The van der Waals surface area contributed by atoms with Crippen LogP contribution in [0.4, 0.5) is 20.8 Å². The number of aliphatic hydroxyl groups is 3. The van der Waals surface area contributed by atoms with Gasteiger partial charge in [-0.05, 0) is 55.2 Å². The van der Waals surface area contributed by atoms with Crippen LogP contribution in [0.1, 0.15) is 43.7 Å². The Bertz CT molecular complexity index is 1850. The predicted octanol–water partition coefficient (Wildman–Crippen LogP) is 2.69. The van der Waals surface area contributed by atoms with Crippen LogP contribution in [0.2, 0.25) is 0 Å². The molecule has 256 valence electrons. The van der Waals surface area contributed by atoms with E-state index in [1.165, 1.54) is 17.9 Å². The van der Waals surface area contributed by atoms with Crippen LogP contribution in [0.15, 0.2) is 47.4 Å². The first-order valence-electron chi connectivity index (χ1n) is 15.7. The molecule has 48 heavy (non-hydrogen) atoms. The lowest BCUT2D eigenvalue weighted by molar-refractivity contribution is -0.374. The number of hydrogen-bond acceptors (Lipinski definition) is 12. The number of benzene rings is 1. The van der Waals surface area contributed by atoms with Crippen molar-refractivity contribution in [2.45, 2.75) is 57.0 Å². The SMILES string of the molecule is COC(N)=O.O=c1n(C2CCCC2)c2cc(Nc3cc(CN4CCC(F)C4)cc(-c4ccc5c(c4)OCCO5)n3)ncc2n1C(O)(O)O. The molecule has 2 aliphatic heterocycles. The summed E-state index contributed by atoms with van der Waals surface area (Å²) in [7, 11) is 1.22. The smallest absolute Gasteiger partial charge is 0.404 e. The molecule has 3 aliphatic rings. The zero-order chi connectivity index (χ0) is 34.0. The zero-order valence-corrected chi connectivity index (χ0v) is 26.3. The second kappa shape index (κ2) is 13.8. The number of aromatic nitrogens is 4. The first kappa shape index (κ1) is 33.1. The number of hydrogen-bond donors (Lipinski definition) is 5. The van der Waals surface area contributed by atoms with E-state index >= 15 is 0 Å². The molecule has 6 N–H and O–H groups in total. The normalized spacial score (nSPS) is 18.1. The van der Waals surface area contributed by atoms with Gasteiger partial charge < -0.3 is 40.6 Å². The number of nitrogens with one attached hydrogen (secondary N) is 1. The minimum atomic E-state index is -3.38. The predicted molar refractivity (Wildman–Crippen MR) is 171 cm³/mol. The van der Waals surface area contributed by atoms with Crippen LogP contribution < -0.4 is 26.2 Å². The Morgan fingerprint density at radius 3 is 2.46 bits per heavy atom. The highest BCUT2D eigenvalue weighted by Crippen LogP contribution is 2.36. The van der Waals surface area contributed by atoms with Crippen LogP contribution >= 0.6 is 0 Å². The van der Waals surface area contributed by atoms with E-state index < -0.39 is 24.1 Å². The van der Waals surface area contributed by atoms with E-state index in [9.17, 15) is 29.3 Å². The van der Waals surface area contributed by atoms with Gasteiger partial charge in [-0.2, -0.15) is 0 Å². The van der Waals surface area contributed by atoms with Gasteiger partial charge in [0.25, 0.3) is 0 Å². The highest BCUT2D eigenvalue weighted by atomic mass is 19.1. The van der Waals surface area contributed by atoms with E-state index in [2.05, 4.69) is 25.7 Å². The van der Waals surface area contributed by atoms with Crippen molar-refractivity contribution < 1.29 is 38.7 Å². The van der Waals surface area contributed by atoms with Crippen molar-refractivity contribution in [1.82, 2.24) is 24.0 Å². The maximum absolute atomic E-state index is 14.0. The molecule has 2 fully saturated rings. The molecule has 1 atom stereocenters. The van der Waals surface area contributed by atoms with Gasteiger partial charge in [-0.1, -0.05) is 12.8 Å². The van der Waals surface area contributed by atoms with Crippen molar-refractivity contribution in [2.24, 2.45) is 5.73 Å². The summed E-state index contributed by atoms with van der Waals surface area (Å²) < 4.78 is 31.3. The molecular formula is C32H38FN7O8. The summed E-state index contributed by atoms with van der Waals surface area (Å²) in [5.74, 6) is 2.17. The molecule has 1 saturated carbocycles. The number of imidazole rings is 1. The molecule has 1 amide bonds. The second-order valence-corrected chi connectivity index (χ2v) is 12.0. The number of carbonyl (C=O) groups excluding carboxylic acids is 1. The number of primary amides is 1. The number of carbonyl (C=O) groups is 1. The number of nitrogens with zero attached hydrogens (tertiary/aromatic N) is 5. The molecule has 1 aliphatic carbocycles. The van der Waals surface area contributed by atoms with Gasteiger partial charge >= 0.3 is 17.9 Å². The number of nitrogens with two attached hydrogens (primary N) is 1. The lowest BCUT2D eigenvalue weighted by atomic mass is 10.1. The molecule has 1 aromatic carbocycles. The number of amides is 1. The van der Waals surface area contributed by atoms with Gasteiger partial charge in [0.15, 0.2) is 11.5 Å². The second-order valence-electron chi connectivity index (χ2n) is 12.0. The summed E-state index contributed by atoms with van der Waals surface area (Å²) in [4.78, 5) is 33.9. The molecule has 3 aromatic heterocycles. The molecule has 0 radical (unpaired) electrons. The first-order chi connectivity index (χ1) is 23.0. The highest BCUT2D eigenvalue weighted by Gasteiger charge is 2.32. The third-order valence-electron chi connectivity index (χ3n) is 8.55. The summed E-state index contributed by atoms with van der Waals surface area (Å²) >= 11 is 0. The third-order valence-corrected chi connectivity index (χ3v) is 8.55. The minimum Gasteiger partial charge on any atom is -0.486 e. The minimum absolute atomic E-state index is 0.0865. The standard InChI is InChI=1S/C30H33FN6O6.C2H5NO2/c31-20-7-8-35(17-20)16-18-11-22(19-5-6-25-26(13-19)43-10-9-42-25)33-28(12-18)34-27-14-23-24(15-32-27)37(30(39,40)41)29(38)36(23)21-3-1-2-4-21;1-5-2(3)4/h5-6,11-15,20-21,39-41H,1-4,7-10,16-17H2,(H,32,33,34);1H3,(H2,3,4). The summed E-state index contributed by atoms with van der Waals surface area (Å²) in [5.41, 5.74) is 6.62. The van der Waals surface area contributed by atoms with E-state index in [0.717, 1.165) is 36.8 Å². The lowest BCUT2D eigenvalue weighted by Crippen LogP contribution is -2.41. The van der Waals surface area contributed by atoms with Crippen molar-refractivity contribution in [3.8, 4) is 22.8 Å². The summed E-state index contributed by atoms with van der Waals surface area (Å²) in [5, 5.41) is 33.2. The van der Waals surface area contributed by atoms with Crippen LogP contribution in [0.3, 0.4) is 0 Å². The number of halogens is 1. The van der Waals surface area contributed by atoms with Gasteiger partial charge in [-0.3, -0.25) is 9.47 Å². The molecule has 1 unspecified atom stereocenters. The number of likely N-dealkylation sites (tertiary alicyclic amines) is 1. The van der Waals surface area contributed by atoms with E-state index in [1.807, 2.05) is 30.3 Å². The lowest BCUT2D eigenvalue weighted by Gasteiger charge is -2.20. The van der Waals surface area contributed by atoms with Crippen molar-refractivity contribution in [3.63, 3.8) is 0 Å². The van der Waals surface area contributed by atoms with E-state index in [1.54, 1.807) is 6.07 Å². The molecule has 1 saturated heterocycles. The average molecular weight is 668 g/mol. The van der Waals surface area contributed by atoms with Crippen molar-refractivity contribution in [3.05, 3.63) is 58.6 Å².